The molecule has 1 aromatic rings. The van der Waals surface area contributed by atoms with Crippen LogP contribution < -0.4 is 10.5 Å². The van der Waals surface area contributed by atoms with Crippen LogP contribution in [0.5, 0.6) is 5.88 Å². The molecule has 0 radical (unpaired) electrons. The molecule has 15 heavy (non-hydrogen) atoms. The van der Waals surface area contributed by atoms with Gasteiger partial charge in [0, 0.05) is 6.42 Å². The van der Waals surface area contributed by atoms with Crippen LogP contribution in [0.1, 0.15) is 13.3 Å². The number of carbonyl (C=O) groups is 1. The second-order valence-electron chi connectivity index (χ2n) is 2.58. The van der Waals surface area contributed by atoms with Crippen LogP contribution in [0, 0.1) is 5.95 Å². The average Bonchev–Trinajstić information content (AvgIpc) is 2.22. The molecule has 1 heterocycles. The Morgan fingerprint density at radius 1 is 1.53 bits per heavy atom. The number of esters is 1. The van der Waals surface area contributed by atoms with Crippen molar-refractivity contribution in [2.24, 2.45) is 0 Å². The molecule has 1 aromatic heterocycles. The number of rotatable bonds is 2. The quantitative estimate of drug-likeness (QED) is 0.649. The van der Waals surface area contributed by atoms with Crippen molar-refractivity contribution in [1.82, 2.24) is 4.98 Å². The molecule has 0 saturated heterocycles. The van der Waals surface area contributed by atoms with E-state index in [-0.39, 0.29) is 23.0 Å². The SMILES string of the molecule is CCC(=O)Oc1nc(F)c(Cl)c(N)c1Cl. The van der Waals surface area contributed by atoms with Crippen LogP contribution >= 0.6 is 23.2 Å². The third-order valence-electron chi connectivity index (χ3n) is 1.54. The Morgan fingerprint density at radius 2 is 2.13 bits per heavy atom. The number of nitrogens with two attached hydrogens (primary N) is 1. The molecule has 0 fully saturated rings. The number of nitrogen functional groups attached to an aromatic ring is 1. The summed E-state index contributed by atoms with van der Waals surface area (Å²) < 4.78 is 17.7. The van der Waals surface area contributed by atoms with Gasteiger partial charge >= 0.3 is 5.97 Å². The highest BCUT2D eigenvalue weighted by atomic mass is 35.5. The lowest BCUT2D eigenvalue weighted by Gasteiger charge is -2.07. The Balaban J connectivity index is 3.15. The lowest BCUT2D eigenvalue weighted by Crippen LogP contribution is -2.09. The molecule has 4 nitrogen and oxygen atoms in total. The van der Waals surface area contributed by atoms with Crippen LogP contribution in [0.4, 0.5) is 10.1 Å². The molecule has 0 unspecified atom stereocenters. The van der Waals surface area contributed by atoms with E-state index >= 15 is 0 Å². The fourth-order valence-corrected chi connectivity index (χ4v) is 1.12. The summed E-state index contributed by atoms with van der Waals surface area (Å²) in [6, 6.07) is 0. The van der Waals surface area contributed by atoms with Gasteiger partial charge in [0.25, 0.3) is 0 Å². The smallest absolute Gasteiger partial charge is 0.312 e. The first-order valence-electron chi connectivity index (χ1n) is 3.98. The second-order valence-corrected chi connectivity index (χ2v) is 3.33. The number of hydrogen-bond donors (Lipinski definition) is 1. The van der Waals surface area contributed by atoms with E-state index in [0.29, 0.717) is 0 Å². The van der Waals surface area contributed by atoms with Crippen LogP contribution in [0.3, 0.4) is 0 Å². The minimum atomic E-state index is -1.03. The van der Waals surface area contributed by atoms with Crippen LogP contribution in [0.15, 0.2) is 0 Å². The van der Waals surface area contributed by atoms with E-state index in [1.165, 1.54) is 0 Å². The zero-order valence-electron chi connectivity index (χ0n) is 7.68. The Kier molecular flexibility index (Phi) is 3.71. The van der Waals surface area contributed by atoms with Gasteiger partial charge in [0.05, 0.1) is 5.69 Å². The number of hydrogen-bond acceptors (Lipinski definition) is 4. The van der Waals surface area contributed by atoms with Gasteiger partial charge < -0.3 is 10.5 Å². The third-order valence-corrected chi connectivity index (χ3v) is 2.27. The highest BCUT2D eigenvalue weighted by molar-refractivity contribution is 6.39. The highest BCUT2D eigenvalue weighted by Crippen LogP contribution is 2.35. The van der Waals surface area contributed by atoms with Gasteiger partial charge in [-0.3, -0.25) is 4.79 Å². The van der Waals surface area contributed by atoms with Gasteiger partial charge in [0.1, 0.15) is 10.0 Å². The zero-order valence-corrected chi connectivity index (χ0v) is 9.19. The van der Waals surface area contributed by atoms with Crippen molar-refractivity contribution in [3.8, 4) is 5.88 Å². The van der Waals surface area contributed by atoms with Gasteiger partial charge in [0.15, 0.2) is 0 Å². The molecule has 0 saturated carbocycles. The zero-order chi connectivity index (χ0) is 11.6. The molecule has 82 valence electrons. The molecule has 7 heteroatoms. The predicted molar refractivity (Wildman–Crippen MR) is 54.6 cm³/mol. The first-order chi connectivity index (χ1) is 6.97. The molecular formula is C8H7Cl2FN2O2. The first-order valence-corrected chi connectivity index (χ1v) is 4.73. The van der Waals surface area contributed by atoms with E-state index in [0.717, 1.165) is 0 Å². The molecular weight excluding hydrogens is 246 g/mol. The van der Waals surface area contributed by atoms with Crippen molar-refractivity contribution in [3.05, 3.63) is 16.0 Å². The van der Waals surface area contributed by atoms with Crippen molar-refractivity contribution in [2.45, 2.75) is 13.3 Å². The van der Waals surface area contributed by atoms with Crippen molar-refractivity contribution in [2.75, 3.05) is 5.73 Å². The molecule has 0 spiro atoms. The Bertz CT molecular complexity index is 412. The molecule has 2 N–H and O–H groups in total. The van der Waals surface area contributed by atoms with E-state index < -0.39 is 16.9 Å². The van der Waals surface area contributed by atoms with Gasteiger partial charge in [-0.2, -0.15) is 9.37 Å². The fourth-order valence-electron chi connectivity index (χ4n) is 0.758. The van der Waals surface area contributed by atoms with Crippen molar-refractivity contribution >= 4 is 34.9 Å². The maximum absolute atomic E-state index is 13.0. The molecule has 0 aromatic carbocycles. The number of carbonyl (C=O) groups excluding carboxylic acids is 1. The number of aromatic nitrogens is 1. The lowest BCUT2D eigenvalue weighted by molar-refractivity contribution is -0.134. The standard InChI is InChI=1S/C8H7Cl2FN2O2/c1-2-3(14)15-8-5(10)6(12)4(9)7(11)13-8/h2H2,1H3,(H2,12,13). The van der Waals surface area contributed by atoms with E-state index in [9.17, 15) is 9.18 Å². The minimum absolute atomic E-state index is 0.113. The van der Waals surface area contributed by atoms with Gasteiger partial charge in [-0.25, -0.2) is 0 Å². The molecule has 0 aliphatic heterocycles. The van der Waals surface area contributed by atoms with Crippen LogP contribution in [0.2, 0.25) is 10.0 Å². The minimum Gasteiger partial charge on any atom is -0.406 e. The Morgan fingerprint density at radius 3 is 2.67 bits per heavy atom. The van der Waals surface area contributed by atoms with Crippen molar-refractivity contribution in [1.29, 1.82) is 0 Å². The summed E-state index contributed by atoms with van der Waals surface area (Å²) >= 11 is 11.1. The number of ether oxygens (including phenoxy) is 1. The summed E-state index contributed by atoms with van der Waals surface area (Å²) in [5, 5.41) is -0.570. The summed E-state index contributed by atoms with van der Waals surface area (Å²) in [6.07, 6.45) is 0.113. The average molecular weight is 253 g/mol. The molecule has 0 bridgehead atoms. The van der Waals surface area contributed by atoms with E-state index in [4.69, 9.17) is 28.9 Å². The maximum atomic E-state index is 13.0. The second kappa shape index (κ2) is 4.63. The lowest BCUT2D eigenvalue weighted by atomic mass is 10.4. The highest BCUT2D eigenvalue weighted by Gasteiger charge is 2.17. The van der Waals surface area contributed by atoms with Gasteiger partial charge in [-0.15, -0.1) is 0 Å². The van der Waals surface area contributed by atoms with Gasteiger partial charge in [-0.05, 0) is 0 Å². The summed E-state index contributed by atoms with van der Waals surface area (Å²) in [6.45, 7) is 1.58. The summed E-state index contributed by atoms with van der Waals surface area (Å²) in [7, 11) is 0. The molecule has 0 aliphatic carbocycles. The normalized spacial score (nSPS) is 10.1. The maximum Gasteiger partial charge on any atom is 0.312 e. The Hall–Kier alpha value is -1.07. The van der Waals surface area contributed by atoms with Crippen LogP contribution in [0.25, 0.3) is 0 Å². The van der Waals surface area contributed by atoms with E-state index in [2.05, 4.69) is 9.72 Å². The number of anilines is 1. The summed E-state index contributed by atoms with van der Waals surface area (Å²) in [5.74, 6) is -1.99. The van der Waals surface area contributed by atoms with Gasteiger partial charge in [0.2, 0.25) is 11.8 Å². The third kappa shape index (κ3) is 2.49. The number of halogens is 3. The molecule has 0 atom stereocenters. The predicted octanol–water partition coefficient (Wildman–Crippen LogP) is 2.43. The van der Waals surface area contributed by atoms with E-state index in [1.54, 1.807) is 6.92 Å². The summed E-state index contributed by atoms with van der Waals surface area (Å²) in [5.41, 5.74) is 5.16. The summed E-state index contributed by atoms with van der Waals surface area (Å²) in [4.78, 5) is 14.2. The molecule has 0 amide bonds. The number of nitrogens with zero attached hydrogens (tertiary/aromatic N) is 1. The largest absolute Gasteiger partial charge is 0.406 e. The Labute approximate surface area is 95.1 Å². The first kappa shape index (κ1) is 12.0. The van der Waals surface area contributed by atoms with Crippen LogP contribution in [-0.2, 0) is 4.79 Å². The number of pyridine rings is 1. The molecule has 0 aliphatic rings. The van der Waals surface area contributed by atoms with Crippen LogP contribution in [-0.4, -0.2) is 11.0 Å². The van der Waals surface area contributed by atoms with Crippen molar-refractivity contribution < 1.29 is 13.9 Å². The van der Waals surface area contributed by atoms with E-state index in [1.807, 2.05) is 0 Å². The van der Waals surface area contributed by atoms with Gasteiger partial charge in [-0.1, -0.05) is 30.1 Å². The fraction of sp³-hybridized carbons (Fsp3) is 0.250. The van der Waals surface area contributed by atoms with Crippen molar-refractivity contribution in [3.63, 3.8) is 0 Å². The monoisotopic (exact) mass is 252 g/mol. The topological polar surface area (TPSA) is 65.2 Å². The molecule has 1 rings (SSSR count).